The fourth-order valence-electron chi connectivity index (χ4n) is 3.34. The van der Waals surface area contributed by atoms with Crippen molar-refractivity contribution in [3.05, 3.63) is 47.9 Å². The van der Waals surface area contributed by atoms with E-state index in [1.54, 1.807) is 6.20 Å². The molecule has 3 aromatic rings. The van der Waals surface area contributed by atoms with E-state index in [0.29, 0.717) is 17.5 Å². The van der Waals surface area contributed by atoms with E-state index in [1.807, 2.05) is 48.3 Å². The van der Waals surface area contributed by atoms with Gasteiger partial charge in [0.1, 0.15) is 5.69 Å². The smallest absolute Gasteiger partial charge is 0.223 e. The Morgan fingerprint density at radius 2 is 2.22 bits per heavy atom. The lowest BCUT2D eigenvalue weighted by Crippen LogP contribution is -2.33. The van der Waals surface area contributed by atoms with Gasteiger partial charge in [0.05, 0.1) is 5.60 Å². The molecule has 0 saturated carbocycles. The molecule has 1 aliphatic rings. The minimum atomic E-state index is -0.168. The quantitative estimate of drug-likeness (QED) is 0.716. The molecule has 1 N–H and O–H groups in total. The van der Waals surface area contributed by atoms with Crippen molar-refractivity contribution in [3.8, 4) is 22.6 Å². The van der Waals surface area contributed by atoms with E-state index in [-0.39, 0.29) is 5.60 Å². The fourth-order valence-corrected chi connectivity index (χ4v) is 3.53. The predicted octanol–water partition coefficient (Wildman–Crippen LogP) is 4.18. The van der Waals surface area contributed by atoms with Crippen LogP contribution in [0.4, 0.5) is 5.95 Å². The molecule has 1 aromatic carbocycles. The van der Waals surface area contributed by atoms with Crippen molar-refractivity contribution in [2.45, 2.75) is 25.4 Å². The summed E-state index contributed by atoms with van der Waals surface area (Å²) < 4.78 is 7.79. The Morgan fingerprint density at radius 1 is 1.33 bits per heavy atom. The van der Waals surface area contributed by atoms with Crippen LogP contribution in [-0.2, 0) is 11.8 Å². The summed E-state index contributed by atoms with van der Waals surface area (Å²) in [6.45, 7) is 3.60. The zero-order chi connectivity index (χ0) is 18.9. The first-order chi connectivity index (χ1) is 13.0. The first-order valence-electron chi connectivity index (χ1n) is 9.03. The summed E-state index contributed by atoms with van der Waals surface area (Å²) in [5, 5.41) is 4.00. The molecule has 140 valence electrons. The van der Waals surface area contributed by atoms with Gasteiger partial charge in [-0.3, -0.25) is 0 Å². The maximum Gasteiger partial charge on any atom is 0.223 e. The summed E-state index contributed by atoms with van der Waals surface area (Å²) in [5.74, 6) is 1.34. The largest absolute Gasteiger partial charge is 0.373 e. The molecule has 0 aliphatic carbocycles. The van der Waals surface area contributed by atoms with Crippen molar-refractivity contribution in [1.82, 2.24) is 19.5 Å². The van der Waals surface area contributed by atoms with Gasteiger partial charge in [0.2, 0.25) is 5.95 Å². The van der Waals surface area contributed by atoms with Gasteiger partial charge in [0.25, 0.3) is 0 Å². The van der Waals surface area contributed by atoms with Gasteiger partial charge in [-0.25, -0.2) is 15.0 Å². The molecule has 6 nitrogen and oxygen atoms in total. The molecule has 1 fully saturated rings. The number of imidazole rings is 1. The Hall–Kier alpha value is -2.44. The van der Waals surface area contributed by atoms with E-state index in [1.165, 1.54) is 0 Å². The molecule has 1 aliphatic heterocycles. The molecular weight excluding hydrogens is 362 g/mol. The molecule has 4 rings (SSSR count). The highest BCUT2D eigenvalue weighted by atomic mass is 35.5. The highest BCUT2D eigenvalue weighted by Crippen LogP contribution is 2.31. The van der Waals surface area contributed by atoms with Gasteiger partial charge < -0.3 is 14.6 Å². The van der Waals surface area contributed by atoms with Gasteiger partial charge in [-0.05, 0) is 37.5 Å². The Balaban J connectivity index is 1.71. The summed E-state index contributed by atoms with van der Waals surface area (Å²) in [6.07, 6.45) is 7.61. The number of aryl methyl sites for hydroxylation is 1. The first kappa shape index (κ1) is 17.9. The third-order valence-electron chi connectivity index (χ3n) is 4.88. The second-order valence-electron chi connectivity index (χ2n) is 7.08. The van der Waals surface area contributed by atoms with Gasteiger partial charge in [0, 0.05) is 49.4 Å². The number of hydrogen-bond donors (Lipinski definition) is 1. The summed E-state index contributed by atoms with van der Waals surface area (Å²) in [6, 6.07) is 7.68. The minimum Gasteiger partial charge on any atom is -0.373 e. The predicted molar refractivity (Wildman–Crippen MR) is 107 cm³/mol. The van der Waals surface area contributed by atoms with Crippen LogP contribution in [0.5, 0.6) is 0 Å². The maximum atomic E-state index is 6.18. The number of nitrogens with zero attached hydrogens (tertiary/aromatic N) is 4. The van der Waals surface area contributed by atoms with Crippen LogP contribution in [0.1, 0.15) is 19.8 Å². The number of nitrogens with one attached hydrogen (secondary N) is 1. The monoisotopic (exact) mass is 383 g/mol. The Morgan fingerprint density at radius 3 is 2.93 bits per heavy atom. The van der Waals surface area contributed by atoms with Crippen LogP contribution in [0.3, 0.4) is 0 Å². The van der Waals surface area contributed by atoms with Crippen LogP contribution in [-0.4, -0.2) is 38.3 Å². The lowest BCUT2D eigenvalue weighted by Gasteiger charge is -2.23. The Labute approximate surface area is 163 Å². The molecule has 7 heteroatoms. The van der Waals surface area contributed by atoms with Crippen molar-refractivity contribution >= 4 is 17.5 Å². The lowest BCUT2D eigenvalue weighted by atomic mass is 10.0. The number of halogens is 1. The van der Waals surface area contributed by atoms with Crippen molar-refractivity contribution in [2.24, 2.45) is 7.05 Å². The number of benzene rings is 1. The van der Waals surface area contributed by atoms with Crippen LogP contribution in [0.2, 0.25) is 5.02 Å². The second-order valence-corrected chi connectivity index (χ2v) is 7.52. The molecule has 0 unspecified atom stereocenters. The van der Waals surface area contributed by atoms with Crippen molar-refractivity contribution in [1.29, 1.82) is 0 Å². The topological polar surface area (TPSA) is 64.9 Å². The fraction of sp³-hybridized carbons (Fsp3) is 0.350. The zero-order valence-corrected chi connectivity index (χ0v) is 16.2. The van der Waals surface area contributed by atoms with Crippen molar-refractivity contribution in [2.75, 3.05) is 18.5 Å². The summed E-state index contributed by atoms with van der Waals surface area (Å²) in [7, 11) is 1.95. The third kappa shape index (κ3) is 3.82. The van der Waals surface area contributed by atoms with Crippen molar-refractivity contribution in [3.63, 3.8) is 0 Å². The van der Waals surface area contributed by atoms with E-state index in [0.717, 1.165) is 42.1 Å². The van der Waals surface area contributed by atoms with Crippen molar-refractivity contribution < 1.29 is 4.74 Å². The molecule has 3 heterocycles. The van der Waals surface area contributed by atoms with Crippen LogP contribution < -0.4 is 5.32 Å². The maximum absolute atomic E-state index is 6.18. The van der Waals surface area contributed by atoms with Crippen LogP contribution >= 0.6 is 11.6 Å². The van der Waals surface area contributed by atoms with Gasteiger partial charge in [-0.2, -0.15) is 0 Å². The Kier molecular flexibility index (Phi) is 4.85. The number of hydrogen-bond acceptors (Lipinski definition) is 5. The molecule has 27 heavy (non-hydrogen) atoms. The van der Waals surface area contributed by atoms with E-state index in [2.05, 4.69) is 22.2 Å². The van der Waals surface area contributed by atoms with Crippen LogP contribution in [0, 0.1) is 0 Å². The first-order valence-corrected chi connectivity index (χ1v) is 9.40. The van der Waals surface area contributed by atoms with Crippen LogP contribution in [0.25, 0.3) is 22.6 Å². The van der Waals surface area contributed by atoms with E-state index in [4.69, 9.17) is 21.3 Å². The molecular formula is C20H22ClN5O. The third-order valence-corrected chi connectivity index (χ3v) is 5.11. The molecule has 2 aromatic heterocycles. The SMILES string of the molecule is Cn1ccnc1-c1nc(NC[C@@]2(C)CCCO2)ncc1-c1cccc(Cl)c1. The molecule has 0 spiro atoms. The molecule has 1 saturated heterocycles. The van der Waals surface area contributed by atoms with Crippen LogP contribution in [0.15, 0.2) is 42.9 Å². The number of ether oxygens (including phenoxy) is 1. The van der Waals surface area contributed by atoms with E-state index in [9.17, 15) is 0 Å². The molecule has 0 bridgehead atoms. The molecule has 1 atom stereocenters. The number of rotatable bonds is 5. The summed E-state index contributed by atoms with van der Waals surface area (Å²) in [4.78, 5) is 13.8. The highest BCUT2D eigenvalue weighted by molar-refractivity contribution is 6.30. The molecule has 0 radical (unpaired) electrons. The second kappa shape index (κ2) is 7.29. The van der Waals surface area contributed by atoms with Gasteiger partial charge in [0.15, 0.2) is 5.82 Å². The standard InChI is InChI=1S/C20H22ClN5O/c1-20(7-4-10-27-20)13-24-19-23-12-16(14-5-3-6-15(21)11-14)17(25-19)18-22-8-9-26(18)2/h3,5-6,8-9,11-12H,4,7,10,13H2,1-2H3,(H,23,24,25)/t20-/m1/s1. The van der Waals surface area contributed by atoms with Gasteiger partial charge in [-0.15, -0.1) is 0 Å². The summed E-state index contributed by atoms with van der Waals surface area (Å²) >= 11 is 6.18. The Bertz CT molecular complexity index is 949. The van der Waals surface area contributed by atoms with Gasteiger partial charge >= 0.3 is 0 Å². The molecule has 0 amide bonds. The minimum absolute atomic E-state index is 0.168. The van der Waals surface area contributed by atoms with E-state index < -0.39 is 0 Å². The normalized spacial score (nSPS) is 19.4. The van der Waals surface area contributed by atoms with E-state index >= 15 is 0 Å². The lowest BCUT2D eigenvalue weighted by molar-refractivity contribution is 0.0314. The van der Waals surface area contributed by atoms with Gasteiger partial charge in [-0.1, -0.05) is 23.7 Å². The average Bonchev–Trinajstić information content (AvgIpc) is 3.29. The number of anilines is 1. The zero-order valence-electron chi connectivity index (χ0n) is 15.4. The summed E-state index contributed by atoms with van der Waals surface area (Å²) in [5.41, 5.74) is 2.44. The average molecular weight is 384 g/mol. The highest BCUT2D eigenvalue weighted by Gasteiger charge is 2.29. The number of aromatic nitrogens is 4.